The van der Waals surface area contributed by atoms with E-state index < -0.39 is 0 Å². The molecule has 2 heterocycles. The molecule has 90 valence electrons. The summed E-state index contributed by atoms with van der Waals surface area (Å²) in [6, 6.07) is 0. The maximum absolute atomic E-state index is 11.8. The highest BCUT2D eigenvalue weighted by molar-refractivity contribution is 8.14. The standard InChI is InChI=1S/C11H13N3O2S/c1-7-4-12-5-10(13-7)14-6-9(3-11(14)16)17-8(2)15/h4-5,9H,3,6H2,1-2H3. The van der Waals surface area contributed by atoms with Crippen molar-refractivity contribution in [2.45, 2.75) is 25.5 Å². The quantitative estimate of drug-likeness (QED) is 0.789. The lowest BCUT2D eigenvalue weighted by molar-refractivity contribution is -0.117. The zero-order valence-corrected chi connectivity index (χ0v) is 10.5. The SMILES string of the molecule is CC(=O)SC1CC(=O)N(c2cncc(C)n2)C1. The second kappa shape index (κ2) is 4.83. The third-order valence-electron chi connectivity index (χ3n) is 2.44. The molecule has 0 spiro atoms. The molecule has 5 nitrogen and oxygen atoms in total. The van der Waals surface area contributed by atoms with E-state index in [1.165, 1.54) is 18.7 Å². The Bertz CT molecular complexity index is 464. The summed E-state index contributed by atoms with van der Waals surface area (Å²) in [5.74, 6) is 0.574. The number of carbonyl (C=O) groups excluding carboxylic acids is 2. The topological polar surface area (TPSA) is 63.2 Å². The van der Waals surface area contributed by atoms with Gasteiger partial charge in [0.1, 0.15) is 0 Å². The molecule has 1 amide bonds. The molecular weight excluding hydrogens is 238 g/mol. The van der Waals surface area contributed by atoms with Crippen LogP contribution in [0, 0.1) is 6.92 Å². The first-order chi connectivity index (χ1) is 8.06. The van der Waals surface area contributed by atoms with E-state index in [2.05, 4.69) is 9.97 Å². The minimum absolute atomic E-state index is 0.00338. The van der Waals surface area contributed by atoms with Gasteiger partial charge >= 0.3 is 0 Å². The number of amides is 1. The molecule has 1 atom stereocenters. The van der Waals surface area contributed by atoms with E-state index in [9.17, 15) is 9.59 Å². The molecule has 0 saturated carbocycles. The molecule has 6 heteroatoms. The summed E-state index contributed by atoms with van der Waals surface area (Å²) in [4.78, 5) is 32.7. The number of aromatic nitrogens is 2. The number of carbonyl (C=O) groups is 2. The van der Waals surface area contributed by atoms with Gasteiger partial charge in [0.2, 0.25) is 5.91 Å². The summed E-state index contributed by atoms with van der Waals surface area (Å²) < 4.78 is 0. The lowest BCUT2D eigenvalue weighted by atomic mass is 10.4. The van der Waals surface area contributed by atoms with Crippen LogP contribution in [0.25, 0.3) is 0 Å². The van der Waals surface area contributed by atoms with Crippen LogP contribution in [0.5, 0.6) is 0 Å². The molecule has 0 bridgehead atoms. The van der Waals surface area contributed by atoms with Gasteiger partial charge in [-0.1, -0.05) is 11.8 Å². The fourth-order valence-electron chi connectivity index (χ4n) is 1.79. The van der Waals surface area contributed by atoms with Crippen molar-refractivity contribution >= 4 is 28.6 Å². The van der Waals surface area contributed by atoms with Gasteiger partial charge in [0.15, 0.2) is 10.9 Å². The Hall–Kier alpha value is -1.43. The van der Waals surface area contributed by atoms with Crippen LogP contribution >= 0.6 is 11.8 Å². The summed E-state index contributed by atoms with van der Waals surface area (Å²) in [5.41, 5.74) is 0.776. The molecule has 17 heavy (non-hydrogen) atoms. The molecule has 1 aromatic heterocycles. The Kier molecular flexibility index (Phi) is 3.42. The lowest BCUT2D eigenvalue weighted by Gasteiger charge is -2.14. The van der Waals surface area contributed by atoms with Crippen LogP contribution in [-0.4, -0.2) is 32.8 Å². The second-order valence-electron chi connectivity index (χ2n) is 3.96. The highest BCUT2D eigenvalue weighted by Gasteiger charge is 2.32. The average Bonchev–Trinajstić information content (AvgIpc) is 2.58. The Balaban J connectivity index is 2.13. The second-order valence-corrected chi connectivity index (χ2v) is 5.44. The lowest BCUT2D eigenvalue weighted by Crippen LogP contribution is -2.26. The summed E-state index contributed by atoms with van der Waals surface area (Å²) in [5, 5.41) is 0.0716. The summed E-state index contributed by atoms with van der Waals surface area (Å²) in [7, 11) is 0. The molecule has 1 aromatic rings. The van der Waals surface area contributed by atoms with E-state index in [1.54, 1.807) is 17.3 Å². The summed E-state index contributed by atoms with van der Waals surface area (Å²) >= 11 is 1.22. The van der Waals surface area contributed by atoms with Crippen molar-refractivity contribution in [2.75, 3.05) is 11.4 Å². The average molecular weight is 251 g/mol. The van der Waals surface area contributed by atoms with Crippen LogP contribution in [0.3, 0.4) is 0 Å². The van der Waals surface area contributed by atoms with Crippen molar-refractivity contribution in [1.82, 2.24) is 9.97 Å². The largest absolute Gasteiger partial charge is 0.294 e. The number of thioether (sulfide) groups is 1. The maximum Gasteiger partial charge on any atom is 0.229 e. The number of hydrogen-bond acceptors (Lipinski definition) is 5. The van der Waals surface area contributed by atoms with Crippen LogP contribution in [0.1, 0.15) is 19.0 Å². The first-order valence-corrected chi connectivity index (χ1v) is 6.20. The fraction of sp³-hybridized carbons (Fsp3) is 0.455. The number of aryl methyl sites for hydroxylation is 1. The smallest absolute Gasteiger partial charge is 0.229 e. The van der Waals surface area contributed by atoms with Crippen molar-refractivity contribution < 1.29 is 9.59 Å². The van der Waals surface area contributed by atoms with Gasteiger partial charge in [-0.2, -0.15) is 0 Å². The Morgan fingerprint density at radius 3 is 2.94 bits per heavy atom. The highest BCUT2D eigenvalue weighted by Crippen LogP contribution is 2.27. The van der Waals surface area contributed by atoms with Crippen LogP contribution < -0.4 is 4.90 Å². The third kappa shape index (κ3) is 2.82. The number of hydrogen-bond donors (Lipinski definition) is 0. The summed E-state index contributed by atoms with van der Waals surface area (Å²) in [6.45, 7) is 3.88. The van der Waals surface area contributed by atoms with Crippen molar-refractivity contribution in [3.05, 3.63) is 18.1 Å². The predicted molar refractivity (Wildman–Crippen MR) is 65.8 cm³/mol. The van der Waals surface area contributed by atoms with Gasteiger partial charge in [-0.05, 0) is 6.92 Å². The molecule has 1 fully saturated rings. The Morgan fingerprint density at radius 2 is 2.29 bits per heavy atom. The molecule has 1 saturated heterocycles. The molecule has 0 aromatic carbocycles. The molecule has 1 aliphatic heterocycles. The van der Waals surface area contributed by atoms with Crippen molar-refractivity contribution in [2.24, 2.45) is 0 Å². The van der Waals surface area contributed by atoms with Gasteiger partial charge in [-0.25, -0.2) is 4.98 Å². The minimum atomic E-state index is 0.00338. The first-order valence-electron chi connectivity index (χ1n) is 5.32. The minimum Gasteiger partial charge on any atom is -0.294 e. The number of nitrogens with zero attached hydrogens (tertiary/aromatic N) is 3. The van der Waals surface area contributed by atoms with E-state index in [1.807, 2.05) is 6.92 Å². The Labute approximate surface area is 104 Å². The van der Waals surface area contributed by atoms with Crippen molar-refractivity contribution in [1.29, 1.82) is 0 Å². The van der Waals surface area contributed by atoms with Crippen LogP contribution in [-0.2, 0) is 9.59 Å². The Morgan fingerprint density at radius 1 is 1.53 bits per heavy atom. The maximum atomic E-state index is 11.8. The van der Waals surface area contributed by atoms with Gasteiger partial charge in [-0.3, -0.25) is 19.5 Å². The van der Waals surface area contributed by atoms with Crippen molar-refractivity contribution in [3.63, 3.8) is 0 Å². The molecule has 2 rings (SSSR count). The first kappa shape index (κ1) is 12.0. The molecule has 0 N–H and O–H groups in total. The normalized spacial score (nSPS) is 19.8. The van der Waals surface area contributed by atoms with E-state index in [4.69, 9.17) is 0 Å². The zero-order chi connectivity index (χ0) is 12.4. The van der Waals surface area contributed by atoms with Crippen LogP contribution in [0.4, 0.5) is 5.82 Å². The third-order valence-corrected chi connectivity index (χ3v) is 3.42. The number of anilines is 1. The molecule has 1 aliphatic rings. The van der Waals surface area contributed by atoms with E-state index >= 15 is 0 Å². The molecule has 0 radical (unpaired) electrons. The van der Waals surface area contributed by atoms with Crippen LogP contribution in [0.15, 0.2) is 12.4 Å². The molecule has 1 unspecified atom stereocenters. The van der Waals surface area contributed by atoms with Crippen LogP contribution in [0.2, 0.25) is 0 Å². The number of rotatable bonds is 2. The van der Waals surface area contributed by atoms with Gasteiger partial charge in [-0.15, -0.1) is 0 Å². The van der Waals surface area contributed by atoms with E-state index in [0.717, 1.165) is 5.69 Å². The van der Waals surface area contributed by atoms with E-state index in [0.29, 0.717) is 18.8 Å². The predicted octanol–water partition coefficient (Wildman–Crippen LogP) is 1.17. The fourth-order valence-corrected chi connectivity index (χ4v) is 2.71. The monoisotopic (exact) mass is 251 g/mol. The molecular formula is C11H13N3O2S. The van der Waals surface area contributed by atoms with E-state index in [-0.39, 0.29) is 16.3 Å². The summed E-state index contributed by atoms with van der Waals surface area (Å²) in [6.07, 6.45) is 3.61. The van der Waals surface area contributed by atoms with Gasteiger partial charge in [0.25, 0.3) is 0 Å². The van der Waals surface area contributed by atoms with Crippen molar-refractivity contribution in [3.8, 4) is 0 Å². The molecule has 0 aliphatic carbocycles. The van der Waals surface area contributed by atoms with Gasteiger partial charge in [0.05, 0.1) is 11.9 Å². The van der Waals surface area contributed by atoms with Gasteiger partial charge in [0, 0.05) is 31.3 Å². The zero-order valence-electron chi connectivity index (χ0n) is 9.71. The van der Waals surface area contributed by atoms with Gasteiger partial charge < -0.3 is 0 Å². The highest BCUT2D eigenvalue weighted by atomic mass is 32.2.